The molecule has 0 aromatic rings. The normalized spacial score (nSPS) is 22.5. The molecule has 0 aromatic carbocycles. The number of thioether (sulfide) groups is 1. The molecule has 0 aromatic heterocycles. The van der Waals surface area contributed by atoms with E-state index in [-0.39, 0.29) is 0 Å². The van der Waals surface area contributed by atoms with E-state index in [1.807, 2.05) is 11.8 Å². The second-order valence-corrected chi connectivity index (χ2v) is 5.27. The maximum absolute atomic E-state index is 6.05. The molecular formula is C11H23N2S. The average Bonchev–Trinajstić information content (AvgIpc) is 2.18. The summed E-state index contributed by atoms with van der Waals surface area (Å²) in [6.07, 6.45) is 5.77. The first-order valence-electron chi connectivity index (χ1n) is 5.52. The molecule has 1 aliphatic heterocycles. The van der Waals surface area contributed by atoms with Gasteiger partial charge < -0.3 is 10.6 Å². The Balaban J connectivity index is 2.10. The number of likely N-dealkylation sites (tertiary alicyclic amines) is 1. The predicted octanol–water partition coefficient (Wildman–Crippen LogP) is 1.61. The minimum atomic E-state index is 0.365. The third-order valence-corrected chi connectivity index (χ3v) is 3.54. The van der Waals surface area contributed by atoms with Crippen LogP contribution in [0.1, 0.15) is 19.3 Å². The zero-order valence-corrected chi connectivity index (χ0v) is 10.1. The van der Waals surface area contributed by atoms with Gasteiger partial charge in [-0.1, -0.05) is 6.92 Å². The predicted molar refractivity (Wildman–Crippen MR) is 65.5 cm³/mol. The second kappa shape index (κ2) is 6.70. The highest BCUT2D eigenvalue weighted by atomic mass is 32.2. The van der Waals surface area contributed by atoms with Crippen LogP contribution in [0.25, 0.3) is 0 Å². The summed E-state index contributed by atoms with van der Waals surface area (Å²) in [5.41, 5.74) is 6.05. The van der Waals surface area contributed by atoms with E-state index in [1.54, 1.807) is 0 Å². The topological polar surface area (TPSA) is 29.3 Å². The van der Waals surface area contributed by atoms with E-state index in [0.29, 0.717) is 12.0 Å². The number of rotatable bonds is 5. The highest BCUT2D eigenvalue weighted by molar-refractivity contribution is 7.98. The van der Waals surface area contributed by atoms with Gasteiger partial charge in [0.05, 0.1) is 0 Å². The number of nitrogens with zero attached hydrogens (tertiary/aromatic N) is 1. The largest absolute Gasteiger partial charge is 0.327 e. The smallest absolute Gasteiger partial charge is 0.0175 e. The number of piperidine rings is 1. The molecule has 0 amide bonds. The summed E-state index contributed by atoms with van der Waals surface area (Å²) in [6, 6.07) is 0.365. The van der Waals surface area contributed by atoms with Gasteiger partial charge in [0, 0.05) is 12.6 Å². The van der Waals surface area contributed by atoms with Crippen molar-refractivity contribution in [2.45, 2.75) is 25.3 Å². The maximum atomic E-state index is 6.05. The van der Waals surface area contributed by atoms with E-state index in [9.17, 15) is 0 Å². The van der Waals surface area contributed by atoms with Crippen LogP contribution in [0.4, 0.5) is 0 Å². The molecule has 1 aliphatic rings. The number of hydrogen-bond acceptors (Lipinski definition) is 3. The van der Waals surface area contributed by atoms with Crippen LogP contribution in [0.2, 0.25) is 0 Å². The number of nitrogens with two attached hydrogens (primary N) is 1. The van der Waals surface area contributed by atoms with Crippen molar-refractivity contribution < 1.29 is 0 Å². The molecule has 0 saturated carbocycles. The zero-order chi connectivity index (χ0) is 10.4. The van der Waals surface area contributed by atoms with Gasteiger partial charge >= 0.3 is 0 Å². The average molecular weight is 215 g/mol. The quantitative estimate of drug-likeness (QED) is 0.755. The Bertz CT molecular complexity index is 144. The summed E-state index contributed by atoms with van der Waals surface area (Å²) in [5, 5.41) is 0. The van der Waals surface area contributed by atoms with Gasteiger partial charge in [-0.25, -0.2) is 0 Å². The Labute approximate surface area is 92.6 Å². The molecular weight excluding hydrogens is 192 g/mol. The molecule has 1 radical (unpaired) electrons. The fourth-order valence-electron chi connectivity index (χ4n) is 1.86. The first kappa shape index (κ1) is 12.3. The molecule has 83 valence electrons. The molecule has 1 heterocycles. The van der Waals surface area contributed by atoms with Crippen molar-refractivity contribution in [3.8, 4) is 0 Å². The third-order valence-electron chi connectivity index (χ3n) is 2.89. The lowest BCUT2D eigenvalue weighted by Gasteiger charge is -2.31. The van der Waals surface area contributed by atoms with Crippen LogP contribution in [-0.4, -0.2) is 42.6 Å². The third kappa shape index (κ3) is 4.67. The van der Waals surface area contributed by atoms with E-state index in [4.69, 9.17) is 5.73 Å². The molecule has 2 nitrogen and oxygen atoms in total. The molecule has 0 bridgehead atoms. The van der Waals surface area contributed by atoms with Crippen LogP contribution in [0.5, 0.6) is 0 Å². The van der Waals surface area contributed by atoms with E-state index in [1.165, 1.54) is 31.7 Å². The lowest BCUT2D eigenvalue weighted by atomic mass is 9.99. The molecule has 0 spiro atoms. The Morgan fingerprint density at radius 2 is 2.14 bits per heavy atom. The van der Waals surface area contributed by atoms with E-state index >= 15 is 0 Å². The minimum Gasteiger partial charge on any atom is -0.327 e. The van der Waals surface area contributed by atoms with Gasteiger partial charge in [0.15, 0.2) is 0 Å². The summed E-state index contributed by atoms with van der Waals surface area (Å²) < 4.78 is 0. The fraction of sp³-hybridized carbons (Fsp3) is 0.909. The van der Waals surface area contributed by atoms with Crippen molar-refractivity contribution in [3.63, 3.8) is 0 Å². The van der Waals surface area contributed by atoms with Crippen molar-refractivity contribution in [2.24, 2.45) is 11.7 Å². The molecule has 1 saturated heterocycles. The Morgan fingerprint density at radius 1 is 1.50 bits per heavy atom. The monoisotopic (exact) mass is 215 g/mol. The van der Waals surface area contributed by atoms with Gasteiger partial charge in [0.25, 0.3) is 0 Å². The lowest BCUT2D eigenvalue weighted by Crippen LogP contribution is -2.41. The van der Waals surface area contributed by atoms with E-state index in [2.05, 4.69) is 18.1 Å². The van der Waals surface area contributed by atoms with Crippen LogP contribution in [0.3, 0.4) is 0 Å². The molecule has 3 heteroatoms. The highest BCUT2D eigenvalue weighted by Gasteiger charge is 2.17. The highest BCUT2D eigenvalue weighted by Crippen LogP contribution is 2.15. The Hall–Kier alpha value is 0.270. The van der Waals surface area contributed by atoms with Crippen molar-refractivity contribution in [3.05, 3.63) is 6.92 Å². The van der Waals surface area contributed by atoms with E-state index < -0.39 is 0 Å². The lowest BCUT2D eigenvalue weighted by molar-refractivity contribution is 0.191. The molecule has 1 rings (SSSR count). The summed E-state index contributed by atoms with van der Waals surface area (Å²) >= 11 is 1.88. The van der Waals surface area contributed by atoms with Crippen molar-refractivity contribution >= 4 is 11.8 Å². The van der Waals surface area contributed by atoms with Gasteiger partial charge in [-0.15, -0.1) is 0 Å². The minimum absolute atomic E-state index is 0.365. The van der Waals surface area contributed by atoms with Crippen LogP contribution in [0, 0.1) is 12.8 Å². The van der Waals surface area contributed by atoms with Gasteiger partial charge in [-0.3, -0.25) is 0 Å². The van der Waals surface area contributed by atoms with Gasteiger partial charge in [-0.05, 0) is 50.3 Å². The maximum Gasteiger partial charge on any atom is 0.0175 e. The Kier molecular flexibility index (Phi) is 5.90. The molecule has 1 atom stereocenters. The van der Waals surface area contributed by atoms with Gasteiger partial charge in [-0.2, -0.15) is 11.8 Å². The summed E-state index contributed by atoms with van der Waals surface area (Å²) in [7, 11) is 0. The fourth-order valence-corrected chi connectivity index (χ4v) is 2.40. The molecule has 0 aliphatic carbocycles. The van der Waals surface area contributed by atoms with Gasteiger partial charge in [0.2, 0.25) is 0 Å². The SMILES string of the molecule is [CH2]C1CCN(CC(N)CCSC)CC1. The van der Waals surface area contributed by atoms with Crippen LogP contribution in [-0.2, 0) is 0 Å². The van der Waals surface area contributed by atoms with Gasteiger partial charge in [0.1, 0.15) is 0 Å². The zero-order valence-electron chi connectivity index (χ0n) is 9.24. The summed E-state index contributed by atoms with van der Waals surface area (Å²) in [6.45, 7) is 7.57. The molecule has 1 fully saturated rings. The molecule has 2 N–H and O–H groups in total. The first-order chi connectivity index (χ1) is 6.72. The van der Waals surface area contributed by atoms with Crippen LogP contribution >= 0.6 is 11.8 Å². The molecule has 1 unspecified atom stereocenters. The summed E-state index contributed by atoms with van der Waals surface area (Å²) in [4.78, 5) is 2.49. The van der Waals surface area contributed by atoms with Crippen molar-refractivity contribution in [1.82, 2.24) is 4.90 Å². The van der Waals surface area contributed by atoms with Crippen LogP contribution in [0.15, 0.2) is 0 Å². The number of hydrogen-bond donors (Lipinski definition) is 1. The molecule has 14 heavy (non-hydrogen) atoms. The van der Waals surface area contributed by atoms with Crippen molar-refractivity contribution in [1.29, 1.82) is 0 Å². The van der Waals surface area contributed by atoms with E-state index in [0.717, 1.165) is 13.0 Å². The summed E-state index contributed by atoms with van der Waals surface area (Å²) in [5.74, 6) is 1.86. The first-order valence-corrected chi connectivity index (χ1v) is 6.91. The van der Waals surface area contributed by atoms with Crippen molar-refractivity contribution in [2.75, 3.05) is 31.6 Å². The second-order valence-electron chi connectivity index (χ2n) is 4.29. The standard InChI is InChI=1S/C11H23N2S/c1-10-3-6-13(7-4-10)9-11(12)5-8-14-2/h10-11H,1,3-9,12H2,2H3. The Morgan fingerprint density at radius 3 is 2.71 bits per heavy atom. The van der Waals surface area contributed by atoms with Crippen LogP contribution < -0.4 is 5.73 Å².